The Morgan fingerprint density at radius 2 is 1.92 bits per heavy atom. The molecule has 25 heavy (non-hydrogen) atoms. The van der Waals surface area contributed by atoms with Gasteiger partial charge in [0.05, 0.1) is 11.9 Å². The fourth-order valence-electron chi connectivity index (χ4n) is 2.33. The van der Waals surface area contributed by atoms with Crippen LogP contribution >= 0.6 is 0 Å². The molecular formula is C17H24N4O3S. The summed E-state index contributed by atoms with van der Waals surface area (Å²) in [5.41, 5.74) is 0.611. The van der Waals surface area contributed by atoms with E-state index < -0.39 is 15.6 Å². The highest BCUT2D eigenvalue weighted by molar-refractivity contribution is 7.89. The van der Waals surface area contributed by atoms with Crippen molar-refractivity contribution >= 4 is 21.6 Å². The monoisotopic (exact) mass is 364 g/mol. The van der Waals surface area contributed by atoms with Crippen LogP contribution < -0.4 is 10.0 Å². The number of carbonyl (C=O) groups is 1. The highest BCUT2D eigenvalue weighted by atomic mass is 32.2. The number of nitrogens with zero attached hydrogens (tertiary/aromatic N) is 2. The summed E-state index contributed by atoms with van der Waals surface area (Å²) in [7, 11) is -1.92. The molecule has 1 aromatic carbocycles. The van der Waals surface area contributed by atoms with Crippen LogP contribution in [0.5, 0.6) is 0 Å². The zero-order valence-corrected chi connectivity index (χ0v) is 15.7. The van der Waals surface area contributed by atoms with Crippen molar-refractivity contribution in [1.29, 1.82) is 0 Å². The second-order valence-electron chi connectivity index (χ2n) is 6.92. The van der Waals surface area contributed by atoms with Crippen LogP contribution in [0.15, 0.2) is 41.6 Å². The molecule has 7 nitrogen and oxygen atoms in total. The first-order chi connectivity index (χ1) is 11.6. The van der Waals surface area contributed by atoms with Crippen molar-refractivity contribution < 1.29 is 13.2 Å². The number of hydrogen-bond acceptors (Lipinski definition) is 4. The Balaban J connectivity index is 2.11. The summed E-state index contributed by atoms with van der Waals surface area (Å²) >= 11 is 0. The summed E-state index contributed by atoms with van der Waals surface area (Å²) < 4.78 is 29.4. The van der Waals surface area contributed by atoms with Crippen molar-refractivity contribution in [3.63, 3.8) is 0 Å². The lowest BCUT2D eigenvalue weighted by molar-refractivity contribution is -0.116. The normalized spacial score (nSPS) is 12.2. The van der Waals surface area contributed by atoms with Gasteiger partial charge in [-0.3, -0.25) is 9.48 Å². The third-order valence-electron chi connectivity index (χ3n) is 3.29. The van der Waals surface area contributed by atoms with Crippen molar-refractivity contribution in [2.24, 2.45) is 7.05 Å². The van der Waals surface area contributed by atoms with Crippen molar-refractivity contribution in [1.82, 2.24) is 14.5 Å². The van der Waals surface area contributed by atoms with Gasteiger partial charge in [0.15, 0.2) is 0 Å². The smallest absolute Gasteiger partial charge is 0.243 e. The first-order valence-electron chi connectivity index (χ1n) is 7.97. The van der Waals surface area contributed by atoms with Gasteiger partial charge < -0.3 is 5.32 Å². The highest BCUT2D eigenvalue weighted by Gasteiger charge is 2.24. The van der Waals surface area contributed by atoms with Gasteiger partial charge >= 0.3 is 0 Å². The predicted octanol–water partition coefficient (Wildman–Crippen LogP) is 2.07. The number of aromatic nitrogens is 2. The fraction of sp³-hybridized carbons (Fsp3) is 0.412. The second kappa shape index (κ2) is 7.37. The summed E-state index contributed by atoms with van der Waals surface area (Å²) in [5.74, 6) is -0.248. The minimum absolute atomic E-state index is 0.0552. The average Bonchev–Trinajstić information content (AvgIpc) is 2.89. The lowest BCUT2D eigenvalue weighted by Gasteiger charge is -2.21. The summed E-state index contributed by atoms with van der Waals surface area (Å²) in [5, 5.41) is 6.75. The van der Waals surface area contributed by atoms with Crippen LogP contribution in [-0.4, -0.2) is 29.6 Å². The molecule has 1 heterocycles. The molecule has 0 saturated carbocycles. The summed E-state index contributed by atoms with van der Waals surface area (Å²) in [4.78, 5) is 12.3. The summed E-state index contributed by atoms with van der Waals surface area (Å²) in [6, 6.07) is 6.37. The van der Waals surface area contributed by atoms with Gasteiger partial charge in [-0.15, -0.1) is 0 Å². The number of rotatable bonds is 6. The molecule has 0 aliphatic rings. The third-order valence-corrected chi connectivity index (χ3v) is 5.11. The molecule has 0 unspecified atom stereocenters. The molecule has 2 rings (SSSR count). The van der Waals surface area contributed by atoms with E-state index in [2.05, 4.69) is 15.1 Å². The quantitative estimate of drug-likeness (QED) is 0.820. The molecule has 1 amide bonds. The summed E-state index contributed by atoms with van der Waals surface area (Å²) in [6.07, 6.45) is 4.33. The van der Waals surface area contributed by atoms with E-state index in [1.54, 1.807) is 49.8 Å². The SMILES string of the molecule is Cn1cc(CCC(=O)Nc2ccccc2S(=O)(=O)NC(C)(C)C)cn1. The number of nitrogens with one attached hydrogen (secondary N) is 2. The number of sulfonamides is 1. The van der Waals surface area contributed by atoms with Gasteiger partial charge in [0.2, 0.25) is 15.9 Å². The zero-order valence-electron chi connectivity index (χ0n) is 14.9. The minimum atomic E-state index is -3.74. The van der Waals surface area contributed by atoms with E-state index in [4.69, 9.17) is 0 Å². The van der Waals surface area contributed by atoms with Gasteiger partial charge in [-0.05, 0) is 44.9 Å². The Morgan fingerprint density at radius 3 is 2.52 bits per heavy atom. The van der Waals surface area contributed by atoms with Gasteiger partial charge in [0, 0.05) is 25.2 Å². The molecule has 0 fully saturated rings. The van der Waals surface area contributed by atoms with Crippen LogP contribution in [0.1, 0.15) is 32.8 Å². The fourth-order valence-corrected chi connectivity index (χ4v) is 3.92. The molecule has 0 aliphatic heterocycles. The molecule has 2 aromatic rings. The molecule has 2 N–H and O–H groups in total. The van der Waals surface area contributed by atoms with Crippen LogP contribution in [0.3, 0.4) is 0 Å². The summed E-state index contributed by atoms with van der Waals surface area (Å²) in [6.45, 7) is 5.29. The lowest BCUT2D eigenvalue weighted by atomic mass is 10.1. The van der Waals surface area contributed by atoms with E-state index in [1.807, 2.05) is 13.2 Å². The first-order valence-corrected chi connectivity index (χ1v) is 9.45. The van der Waals surface area contributed by atoms with E-state index in [-0.39, 0.29) is 22.9 Å². The Hall–Kier alpha value is -2.19. The molecule has 0 saturated heterocycles. The van der Waals surface area contributed by atoms with E-state index in [0.717, 1.165) is 5.56 Å². The predicted molar refractivity (Wildman–Crippen MR) is 96.7 cm³/mol. The Labute approximate surface area is 148 Å². The van der Waals surface area contributed by atoms with Crippen LogP contribution in [0.25, 0.3) is 0 Å². The number of anilines is 1. The molecule has 0 aliphatic carbocycles. The Bertz CT molecular complexity index is 851. The van der Waals surface area contributed by atoms with E-state index in [0.29, 0.717) is 6.42 Å². The molecule has 0 bridgehead atoms. The molecule has 0 atom stereocenters. The molecule has 136 valence electrons. The average molecular weight is 364 g/mol. The number of benzene rings is 1. The number of aryl methyl sites for hydroxylation is 2. The number of carbonyl (C=O) groups excluding carboxylic acids is 1. The largest absolute Gasteiger partial charge is 0.325 e. The maximum Gasteiger partial charge on any atom is 0.243 e. The molecule has 0 radical (unpaired) electrons. The lowest BCUT2D eigenvalue weighted by Crippen LogP contribution is -2.40. The number of amides is 1. The Kier molecular flexibility index (Phi) is 5.64. The molecule has 0 spiro atoms. The van der Waals surface area contributed by atoms with Crippen LogP contribution in [0.4, 0.5) is 5.69 Å². The molecule has 1 aromatic heterocycles. The van der Waals surface area contributed by atoms with Gasteiger partial charge in [-0.25, -0.2) is 13.1 Å². The van der Waals surface area contributed by atoms with E-state index in [1.165, 1.54) is 6.07 Å². The number of hydrogen-bond donors (Lipinski definition) is 2. The van der Waals surface area contributed by atoms with Gasteiger partial charge in [0.25, 0.3) is 0 Å². The van der Waals surface area contributed by atoms with Gasteiger partial charge in [-0.2, -0.15) is 5.10 Å². The highest BCUT2D eigenvalue weighted by Crippen LogP contribution is 2.22. The molecular weight excluding hydrogens is 340 g/mol. The Morgan fingerprint density at radius 1 is 1.24 bits per heavy atom. The van der Waals surface area contributed by atoms with E-state index >= 15 is 0 Å². The van der Waals surface area contributed by atoms with E-state index in [9.17, 15) is 13.2 Å². The zero-order chi connectivity index (χ0) is 18.7. The minimum Gasteiger partial charge on any atom is -0.325 e. The topological polar surface area (TPSA) is 93.1 Å². The van der Waals surface area contributed by atoms with Crippen molar-refractivity contribution in [3.8, 4) is 0 Å². The van der Waals surface area contributed by atoms with Crippen LogP contribution in [-0.2, 0) is 28.3 Å². The molecule has 8 heteroatoms. The maximum absolute atomic E-state index is 12.6. The van der Waals surface area contributed by atoms with Gasteiger partial charge in [0.1, 0.15) is 4.90 Å². The van der Waals surface area contributed by atoms with Crippen molar-refractivity contribution in [3.05, 3.63) is 42.2 Å². The van der Waals surface area contributed by atoms with Crippen molar-refractivity contribution in [2.45, 2.75) is 44.0 Å². The maximum atomic E-state index is 12.6. The number of para-hydroxylation sites is 1. The third kappa shape index (κ3) is 5.68. The van der Waals surface area contributed by atoms with Crippen molar-refractivity contribution in [2.75, 3.05) is 5.32 Å². The van der Waals surface area contributed by atoms with Gasteiger partial charge in [-0.1, -0.05) is 12.1 Å². The standard InChI is InChI=1S/C17H24N4O3S/c1-17(2,3)20-25(23,24)15-8-6-5-7-14(15)19-16(22)10-9-13-11-18-21(4)12-13/h5-8,11-12,20H,9-10H2,1-4H3,(H,19,22). The second-order valence-corrected chi connectivity index (χ2v) is 8.57. The van der Waals surface area contributed by atoms with Crippen LogP contribution in [0.2, 0.25) is 0 Å². The first kappa shape index (κ1) is 19.1. The van der Waals surface area contributed by atoms with Crippen LogP contribution in [0, 0.1) is 0 Å².